The molecule has 3 aromatic rings. The molecule has 0 spiro atoms. The van der Waals surface area contributed by atoms with Gasteiger partial charge in [-0.2, -0.15) is 0 Å². The third-order valence-electron chi connectivity index (χ3n) is 4.88. The van der Waals surface area contributed by atoms with Crippen LogP contribution in [0.2, 0.25) is 0 Å². The lowest BCUT2D eigenvalue weighted by Crippen LogP contribution is -2.39. The number of aromatic nitrogens is 2. The number of hydrogen-bond donors (Lipinski definition) is 1. The van der Waals surface area contributed by atoms with E-state index < -0.39 is 0 Å². The highest BCUT2D eigenvalue weighted by molar-refractivity contribution is 5.89. The van der Waals surface area contributed by atoms with Crippen LogP contribution in [-0.4, -0.2) is 33.6 Å². The second kappa shape index (κ2) is 8.77. The van der Waals surface area contributed by atoms with E-state index >= 15 is 0 Å². The Balaban J connectivity index is 1.85. The molecule has 29 heavy (non-hydrogen) atoms. The highest BCUT2D eigenvalue weighted by atomic mass is 16.5. The largest absolute Gasteiger partial charge is 0.494 e. The molecule has 0 fully saturated rings. The van der Waals surface area contributed by atoms with Crippen molar-refractivity contribution < 1.29 is 9.53 Å². The van der Waals surface area contributed by atoms with E-state index in [0.717, 1.165) is 5.75 Å². The molecule has 0 aliphatic rings. The van der Waals surface area contributed by atoms with Crippen molar-refractivity contribution in [3.05, 3.63) is 64.7 Å². The van der Waals surface area contributed by atoms with Gasteiger partial charge < -0.3 is 15.0 Å². The molecule has 0 saturated carbocycles. The number of urea groups is 1. The molecule has 1 N–H and O–H groups in total. The van der Waals surface area contributed by atoms with Crippen molar-refractivity contribution in [1.82, 2.24) is 14.5 Å². The van der Waals surface area contributed by atoms with Crippen molar-refractivity contribution in [3.8, 4) is 5.75 Å². The molecule has 0 aliphatic carbocycles. The maximum Gasteiger partial charge on any atom is 0.322 e. The lowest BCUT2D eigenvalue weighted by molar-refractivity contribution is 0.193. The van der Waals surface area contributed by atoms with E-state index in [2.05, 4.69) is 10.3 Å². The third-order valence-corrected chi connectivity index (χ3v) is 4.88. The van der Waals surface area contributed by atoms with Crippen molar-refractivity contribution in [2.75, 3.05) is 18.5 Å². The second-order valence-corrected chi connectivity index (χ2v) is 6.70. The van der Waals surface area contributed by atoms with E-state index in [1.165, 1.54) is 4.57 Å². The summed E-state index contributed by atoms with van der Waals surface area (Å²) in [5.41, 5.74) is 1.17. The summed E-state index contributed by atoms with van der Waals surface area (Å²) in [6.07, 6.45) is 0. The molecule has 0 bridgehead atoms. The Morgan fingerprint density at radius 2 is 1.86 bits per heavy atom. The number of ether oxygens (including phenoxy) is 1. The minimum atomic E-state index is -0.384. The van der Waals surface area contributed by atoms with E-state index in [0.29, 0.717) is 35.6 Å². The predicted octanol–water partition coefficient (Wildman–Crippen LogP) is 3.95. The quantitative estimate of drug-likeness (QED) is 0.687. The predicted molar refractivity (Wildman–Crippen MR) is 114 cm³/mol. The average molecular weight is 394 g/mol. The van der Waals surface area contributed by atoms with Gasteiger partial charge in [-0.15, -0.1) is 0 Å². The molecule has 7 nitrogen and oxygen atoms in total. The molecule has 2 amide bonds. The van der Waals surface area contributed by atoms with Crippen molar-refractivity contribution in [3.63, 3.8) is 0 Å². The van der Waals surface area contributed by atoms with Crippen LogP contribution in [0.4, 0.5) is 10.5 Å². The number of amides is 2. The first-order valence-corrected chi connectivity index (χ1v) is 9.72. The van der Waals surface area contributed by atoms with Gasteiger partial charge in [0.15, 0.2) is 0 Å². The number of carbonyl (C=O) groups is 1. The molecule has 1 atom stereocenters. The minimum Gasteiger partial charge on any atom is -0.494 e. The zero-order chi connectivity index (χ0) is 21.0. The lowest BCUT2D eigenvalue weighted by atomic mass is 10.2. The van der Waals surface area contributed by atoms with Crippen molar-refractivity contribution in [2.24, 2.45) is 7.05 Å². The summed E-state index contributed by atoms with van der Waals surface area (Å²) in [6.45, 7) is 6.74. The minimum absolute atomic E-state index is 0.125. The fourth-order valence-corrected chi connectivity index (χ4v) is 3.34. The summed E-state index contributed by atoms with van der Waals surface area (Å²) in [4.78, 5) is 31.9. The summed E-state index contributed by atoms with van der Waals surface area (Å²) in [7, 11) is 1.69. The normalized spacial score (nSPS) is 11.9. The van der Waals surface area contributed by atoms with Crippen LogP contribution < -0.4 is 15.6 Å². The maximum absolute atomic E-state index is 12.9. The van der Waals surface area contributed by atoms with E-state index in [1.54, 1.807) is 30.1 Å². The van der Waals surface area contributed by atoms with Crippen molar-refractivity contribution in [2.45, 2.75) is 26.8 Å². The number of rotatable bonds is 6. The molecule has 1 unspecified atom stereocenters. The fraction of sp³-hybridized carbons (Fsp3) is 0.318. The monoisotopic (exact) mass is 394 g/mol. The number of nitrogens with zero attached hydrogens (tertiary/aromatic N) is 3. The molecule has 3 rings (SSSR count). The third kappa shape index (κ3) is 4.23. The van der Waals surface area contributed by atoms with E-state index in [-0.39, 0.29) is 17.6 Å². The second-order valence-electron chi connectivity index (χ2n) is 6.70. The zero-order valence-corrected chi connectivity index (χ0v) is 17.2. The molecular formula is C22H26N4O3. The molecule has 7 heteroatoms. The first-order chi connectivity index (χ1) is 14.0. The highest BCUT2D eigenvalue weighted by Crippen LogP contribution is 2.21. The SMILES string of the molecule is CCOc1ccc(NC(=O)N(CC)C(C)c2nc3ccccc3c(=O)n2C)cc1. The van der Waals surface area contributed by atoms with Gasteiger partial charge in [0.1, 0.15) is 11.6 Å². The first kappa shape index (κ1) is 20.4. The fourth-order valence-electron chi connectivity index (χ4n) is 3.34. The molecule has 1 aromatic heterocycles. The van der Waals surface area contributed by atoms with Gasteiger partial charge in [-0.1, -0.05) is 12.1 Å². The van der Waals surface area contributed by atoms with Crippen molar-refractivity contribution in [1.29, 1.82) is 0 Å². The number of carbonyl (C=O) groups excluding carboxylic acids is 1. The lowest BCUT2D eigenvalue weighted by Gasteiger charge is -2.29. The maximum atomic E-state index is 12.9. The van der Waals surface area contributed by atoms with Crippen LogP contribution in [0.5, 0.6) is 5.75 Å². The Bertz CT molecular complexity index is 1060. The standard InChI is InChI=1S/C22H26N4O3/c1-5-26(22(28)23-16-11-13-17(14-12-16)29-6-2)15(3)20-24-19-10-8-7-9-18(19)21(27)25(20)4/h7-15H,5-6H2,1-4H3,(H,23,28). The highest BCUT2D eigenvalue weighted by Gasteiger charge is 2.24. The number of anilines is 1. The van der Waals surface area contributed by atoms with Gasteiger partial charge in [0.05, 0.1) is 23.6 Å². The summed E-state index contributed by atoms with van der Waals surface area (Å²) >= 11 is 0. The van der Waals surface area contributed by atoms with Gasteiger partial charge in [-0.05, 0) is 57.2 Å². The number of benzene rings is 2. The Morgan fingerprint density at radius 3 is 2.52 bits per heavy atom. The molecule has 0 saturated heterocycles. The van der Waals surface area contributed by atoms with Crippen LogP contribution in [0, 0.1) is 0 Å². The Kier molecular flexibility index (Phi) is 6.16. The number of fused-ring (bicyclic) bond motifs is 1. The number of hydrogen-bond acceptors (Lipinski definition) is 4. The van der Waals surface area contributed by atoms with Crippen LogP contribution in [0.15, 0.2) is 53.3 Å². The Labute approximate surface area is 169 Å². The zero-order valence-electron chi connectivity index (χ0n) is 17.2. The number of para-hydroxylation sites is 1. The van der Waals surface area contributed by atoms with Gasteiger partial charge in [-0.25, -0.2) is 9.78 Å². The summed E-state index contributed by atoms with van der Waals surface area (Å²) in [5, 5.41) is 3.46. The molecule has 1 heterocycles. The summed E-state index contributed by atoms with van der Waals surface area (Å²) in [5.74, 6) is 1.29. The van der Waals surface area contributed by atoms with Crippen LogP contribution in [0.25, 0.3) is 10.9 Å². The summed E-state index contributed by atoms with van der Waals surface area (Å²) < 4.78 is 6.94. The van der Waals surface area contributed by atoms with Gasteiger partial charge in [0.25, 0.3) is 5.56 Å². The number of nitrogens with one attached hydrogen (secondary N) is 1. The van der Waals surface area contributed by atoms with E-state index in [4.69, 9.17) is 4.74 Å². The summed E-state index contributed by atoms with van der Waals surface area (Å²) in [6, 6.07) is 13.8. The first-order valence-electron chi connectivity index (χ1n) is 9.72. The van der Waals surface area contributed by atoms with Crippen LogP contribution in [0.1, 0.15) is 32.6 Å². The van der Waals surface area contributed by atoms with E-state index in [1.807, 2.05) is 51.1 Å². The Morgan fingerprint density at radius 1 is 1.17 bits per heavy atom. The van der Waals surface area contributed by atoms with Gasteiger partial charge >= 0.3 is 6.03 Å². The molecule has 0 aliphatic heterocycles. The topological polar surface area (TPSA) is 76.5 Å². The van der Waals surface area contributed by atoms with Gasteiger partial charge in [0, 0.05) is 19.3 Å². The molecule has 152 valence electrons. The smallest absolute Gasteiger partial charge is 0.322 e. The van der Waals surface area contributed by atoms with Crippen LogP contribution >= 0.6 is 0 Å². The van der Waals surface area contributed by atoms with Crippen LogP contribution in [0.3, 0.4) is 0 Å². The average Bonchev–Trinajstić information content (AvgIpc) is 2.72. The van der Waals surface area contributed by atoms with E-state index in [9.17, 15) is 9.59 Å². The Hall–Kier alpha value is -3.35. The van der Waals surface area contributed by atoms with Crippen LogP contribution in [-0.2, 0) is 7.05 Å². The van der Waals surface area contributed by atoms with Gasteiger partial charge in [0.2, 0.25) is 0 Å². The molecule has 0 radical (unpaired) electrons. The van der Waals surface area contributed by atoms with Crippen molar-refractivity contribution >= 4 is 22.6 Å². The molecule has 2 aromatic carbocycles. The van der Waals surface area contributed by atoms with Gasteiger partial charge in [-0.3, -0.25) is 9.36 Å². The molecular weight excluding hydrogens is 368 g/mol.